The highest BCUT2D eigenvalue weighted by Crippen LogP contribution is 2.10. The monoisotopic (exact) mass is 284 g/mol. The molecule has 20 heavy (non-hydrogen) atoms. The van der Waals surface area contributed by atoms with E-state index in [9.17, 15) is 19.2 Å². The molecule has 0 saturated carbocycles. The molecule has 0 aliphatic carbocycles. The first-order chi connectivity index (χ1) is 9.65. The number of carbonyl (C=O) groups is 4. The second-order valence-corrected chi connectivity index (χ2v) is 4.52. The summed E-state index contributed by atoms with van der Waals surface area (Å²) < 4.78 is 0. The van der Waals surface area contributed by atoms with Gasteiger partial charge in [-0.05, 0) is 32.4 Å². The van der Waals surface area contributed by atoms with Crippen LogP contribution >= 0.6 is 0 Å². The van der Waals surface area contributed by atoms with E-state index in [0.717, 1.165) is 13.1 Å². The summed E-state index contributed by atoms with van der Waals surface area (Å²) >= 11 is 0. The van der Waals surface area contributed by atoms with Crippen LogP contribution in [-0.4, -0.2) is 50.3 Å². The van der Waals surface area contributed by atoms with Crippen molar-refractivity contribution in [2.24, 2.45) is 5.92 Å². The normalized spacial score (nSPS) is 15.2. The number of imide groups is 1. The molecule has 0 unspecified atom stereocenters. The zero-order chi connectivity index (χ0) is 14.8. The summed E-state index contributed by atoms with van der Waals surface area (Å²) in [6.45, 7) is 2.15. The molecule has 112 valence electrons. The zero-order valence-corrected chi connectivity index (χ0v) is 11.2. The molecule has 1 fully saturated rings. The molecule has 1 heterocycles. The fraction of sp³-hybridized carbons (Fsp3) is 0.667. The summed E-state index contributed by atoms with van der Waals surface area (Å²) in [5.41, 5.74) is 0. The predicted octanol–water partition coefficient (Wildman–Crippen LogP) is -2.12. The molecular weight excluding hydrogens is 264 g/mol. The molecule has 4 amide bonds. The minimum Gasteiger partial charge on any atom is -0.359 e. The Morgan fingerprint density at radius 2 is 1.80 bits per heavy atom. The summed E-state index contributed by atoms with van der Waals surface area (Å²) in [4.78, 5) is 44.6. The lowest BCUT2D eigenvalue weighted by molar-refractivity contribution is -0.143. The Morgan fingerprint density at radius 1 is 1.10 bits per heavy atom. The van der Waals surface area contributed by atoms with E-state index in [-0.39, 0.29) is 12.5 Å². The van der Waals surface area contributed by atoms with Gasteiger partial charge in [0, 0.05) is 19.0 Å². The van der Waals surface area contributed by atoms with Gasteiger partial charge in [-0.1, -0.05) is 0 Å². The van der Waals surface area contributed by atoms with Crippen molar-refractivity contribution in [2.75, 3.05) is 26.2 Å². The van der Waals surface area contributed by atoms with Crippen LogP contribution < -0.4 is 21.3 Å². The highest BCUT2D eigenvalue weighted by molar-refractivity contribution is 6.37. The number of hydrogen-bond acceptors (Lipinski definition) is 5. The molecule has 4 N–H and O–H groups in total. The topological polar surface area (TPSA) is 116 Å². The van der Waals surface area contributed by atoms with Crippen LogP contribution in [0.5, 0.6) is 0 Å². The Labute approximate surface area is 117 Å². The second kappa shape index (κ2) is 9.03. The summed E-state index contributed by atoms with van der Waals surface area (Å²) in [5, 5.41) is 10.0. The Hall–Kier alpha value is -1.96. The molecular formula is C12H20N4O4. The van der Waals surface area contributed by atoms with Crippen molar-refractivity contribution < 1.29 is 19.2 Å². The smallest absolute Gasteiger partial charge is 0.315 e. The summed E-state index contributed by atoms with van der Waals surface area (Å²) in [5.74, 6) is -2.38. The molecule has 8 heteroatoms. The lowest BCUT2D eigenvalue weighted by Gasteiger charge is -2.21. The van der Waals surface area contributed by atoms with Crippen molar-refractivity contribution in [3.8, 4) is 0 Å². The first kappa shape index (κ1) is 16.1. The summed E-state index contributed by atoms with van der Waals surface area (Å²) in [6, 6.07) is 0. The Bertz CT molecular complexity index is 366. The van der Waals surface area contributed by atoms with E-state index in [1.165, 1.54) is 0 Å². The van der Waals surface area contributed by atoms with Crippen molar-refractivity contribution in [2.45, 2.75) is 19.3 Å². The quantitative estimate of drug-likeness (QED) is 0.253. The first-order valence-electron chi connectivity index (χ1n) is 6.66. The fourth-order valence-electron chi connectivity index (χ4n) is 1.89. The van der Waals surface area contributed by atoms with E-state index >= 15 is 0 Å². The third kappa shape index (κ3) is 5.79. The summed E-state index contributed by atoms with van der Waals surface area (Å²) in [7, 11) is 0. The molecule has 1 aliphatic rings. The van der Waals surface area contributed by atoms with Gasteiger partial charge in [0.2, 0.25) is 12.3 Å². The van der Waals surface area contributed by atoms with E-state index in [1.807, 2.05) is 0 Å². The van der Waals surface area contributed by atoms with Crippen molar-refractivity contribution in [3.63, 3.8) is 0 Å². The van der Waals surface area contributed by atoms with Gasteiger partial charge in [0.15, 0.2) is 0 Å². The van der Waals surface area contributed by atoms with Gasteiger partial charge in [-0.3, -0.25) is 24.5 Å². The molecule has 0 radical (unpaired) electrons. The largest absolute Gasteiger partial charge is 0.359 e. The van der Waals surface area contributed by atoms with Crippen molar-refractivity contribution in [1.29, 1.82) is 0 Å². The van der Waals surface area contributed by atoms with E-state index in [0.29, 0.717) is 32.2 Å². The zero-order valence-electron chi connectivity index (χ0n) is 11.2. The van der Waals surface area contributed by atoms with Crippen LogP contribution in [-0.2, 0) is 19.2 Å². The van der Waals surface area contributed by atoms with Crippen LogP contribution in [0.25, 0.3) is 0 Å². The van der Waals surface area contributed by atoms with Gasteiger partial charge < -0.3 is 16.0 Å². The molecule has 0 aromatic heterocycles. The molecule has 0 aromatic rings. The Balaban J connectivity index is 2.21. The van der Waals surface area contributed by atoms with E-state index < -0.39 is 17.7 Å². The van der Waals surface area contributed by atoms with Gasteiger partial charge in [-0.15, -0.1) is 0 Å². The number of piperidine rings is 1. The van der Waals surface area contributed by atoms with Crippen LogP contribution in [0.15, 0.2) is 0 Å². The van der Waals surface area contributed by atoms with Crippen LogP contribution in [0.2, 0.25) is 0 Å². The number of hydrogen-bond donors (Lipinski definition) is 4. The number of nitrogens with one attached hydrogen (secondary N) is 4. The third-order valence-electron chi connectivity index (χ3n) is 3.02. The molecule has 1 rings (SSSR count). The highest BCUT2D eigenvalue weighted by Gasteiger charge is 2.24. The van der Waals surface area contributed by atoms with Crippen molar-refractivity contribution in [3.05, 3.63) is 0 Å². The fourth-order valence-corrected chi connectivity index (χ4v) is 1.89. The van der Waals surface area contributed by atoms with Gasteiger partial charge in [0.1, 0.15) is 0 Å². The third-order valence-corrected chi connectivity index (χ3v) is 3.02. The molecule has 0 spiro atoms. The predicted molar refractivity (Wildman–Crippen MR) is 70.4 cm³/mol. The SMILES string of the molecule is O=CNCCCNC(=O)C(=O)NC(=O)C1CCNCC1. The first-order valence-corrected chi connectivity index (χ1v) is 6.66. The minimum absolute atomic E-state index is 0.218. The van der Waals surface area contributed by atoms with Gasteiger partial charge in [-0.25, -0.2) is 0 Å². The molecule has 8 nitrogen and oxygen atoms in total. The number of rotatable bonds is 6. The minimum atomic E-state index is -0.933. The maximum atomic E-state index is 11.7. The van der Waals surface area contributed by atoms with Crippen LogP contribution in [0.4, 0.5) is 0 Å². The van der Waals surface area contributed by atoms with E-state index in [4.69, 9.17) is 0 Å². The summed E-state index contributed by atoms with van der Waals surface area (Å²) in [6.07, 6.45) is 2.41. The lowest BCUT2D eigenvalue weighted by Crippen LogP contribution is -2.46. The van der Waals surface area contributed by atoms with Gasteiger partial charge in [0.05, 0.1) is 0 Å². The van der Waals surface area contributed by atoms with E-state index in [2.05, 4.69) is 21.3 Å². The van der Waals surface area contributed by atoms with Crippen molar-refractivity contribution >= 4 is 24.1 Å². The molecule has 0 atom stereocenters. The second-order valence-electron chi connectivity index (χ2n) is 4.52. The van der Waals surface area contributed by atoms with E-state index in [1.54, 1.807) is 0 Å². The molecule has 0 bridgehead atoms. The lowest BCUT2D eigenvalue weighted by atomic mass is 9.97. The highest BCUT2D eigenvalue weighted by atomic mass is 16.2. The Morgan fingerprint density at radius 3 is 2.45 bits per heavy atom. The molecule has 0 aromatic carbocycles. The van der Waals surface area contributed by atoms with Gasteiger partial charge in [0.25, 0.3) is 0 Å². The average molecular weight is 284 g/mol. The van der Waals surface area contributed by atoms with Gasteiger partial charge in [-0.2, -0.15) is 0 Å². The van der Waals surface area contributed by atoms with Crippen LogP contribution in [0, 0.1) is 5.92 Å². The van der Waals surface area contributed by atoms with Crippen LogP contribution in [0.1, 0.15) is 19.3 Å². The molecule has 1 aliphatic heterocycles. The van der Waals surface area contributed by atoms with Gasteiger partial charge >= 0.3 is 11.8 Å². The molecule has 1 saturated heterocycles. The maximum absolute atomic E-state index is 11.7. The number of amides is 4. The Kier molecular flexibility index (Phi) is 7.26. The van der Waals surface area contributed by atoms with Crippen LogP contribution in [0.3, 0.4) is 0 Å². The van der Waals surface area contributed by atoms with Crippen molar-refractivity contribution in [1.82, 2.24) is 21.3 Å². The average Bonchev–Trinajstić information content (AvgIpc) is 2.47. The maximum Gasteiger partial charge on any atom is 0.315 e. The number of carbonyl (C=O) groups excluding carboxylic acids is 4. The standard InChI is InChI=1S/C12H20N4O4/c17-8-14-4-1-5-15-11(19)12(20)16-10(18)9-2-6-13-7-3-9/h8-9,13H,1-7H2,(H,14,17)(H,15,19)(H,16,18,20).